The van der Waals surface area contributed by atoms with Gasteiger partial charge in [-0.2, -0.15) is 0 Å². The van der Waals surface area contributed by atoms with Crippen LogP contribution >= 0.6 is 0 Å². The number of benzene rings is 1. The maximum Gasteiger partial charge on any atom is 1.00 e. The first-order chi connectivity index (χ1) is 4.79. The fourth-order valence-corrected chi connectivity index (χ4v) is 1.09. The van der Waals surface area contributed by atoms with Gasteiger partial charge in [-0.25, -0.2) is 0 Å². The molecular formula is C10H15Na. The maximum absolute atomic E-state index is 2.24. The fourth-order valence-electron chi connectivity index (χ4n) is 1.09. The topological polar surface area (TPSA) is 0 Å². The summed E-state index contributed by atoms with van der Waals surface area (Å²) in [6.07, 6.45) is 1.20. The van der Waals surface area contributed by atoms with Crippen LogP contribution < -0.4 is 29.6 Å². The molecule has 0 saturated heterocycles. The molecule has 0 unspecified atom stereocenters. The van der Waals surface area contributed by atoms with Gasteiger partial charge in [0.25, 0.3) is 0 Å². The molecule has 0 aliphatic heterocycles. The van der Waals surface area contributed by atoms with Gasteiger partial charge >= 0.3 is 29.6 Å². The van der Waals surface area contributed by atoms with Crippen LogP contribution in [-0.4, -0.2) is 0 Å². The minimum absolute atomic E-state index is 0. The SMILES string of the molecule is CC(C)Cc1ccccc1.[H-].[Na+]. The average molecular weight is 158 g/mol. The van der Waals surface area contributed by atoms with Crippen molar-refractivity contribution in [3.63, 3.8) is 0 Å². The molecule has 0 atom stereocenters. The van der Waals surface area contributed by atoms with Crippen LogP contribution in [0.25, 0.3) is 0 Å². The van der Waals surface area contributed by atoms with Gasteiger partial charge in [0.1, 0.15) is 0 Å². The van der Waals surface area contributed by atoms with Crippen LogP contribution in [-0.2, 0) is 6.42 Å². The third-order valence-corrected chi connectivity index (χ3v) is 1.49. The van der Waals surface area contributed by atoms with E-state index in [2.05, 4.69) is 44.2 Å². The van der Waals surface area contributed by atoms with Crippen LogP contribution in [0, 0.1) is 5.92 Å². The molecule has 0 aliphatic carbocycles. The van der Waals surface area contributed by atoms with Crippen molar-refractivity contribution < 1.29 is 31.0 Å². The Balaban J connectivity index is 0. The van der Waals surface area contributed by atoms with Crippen LogP contribution in [0.15, 0.2) is 30.3 Å². The molecular weight excluding hydrogens is 143 g/mol. The van der Waals surface area contributed by atoms with E-state index in [1.165, 1.54) is 12.0 Å². The van der Waals surface area contributed by atoms with E-state index in [4.69, 9.17) is 0 Å². The van der Waals surface area contributed by atoms with Gasteiger partial charge in [-0.05, 0) is 17.9 Å². The van der Waals surface area contributed by atoms with E-state index >= 15 is 0 Å². The first kappa shape index (κ1) is 11.2. The van der Waals surface area contributed by atoms with Crippen LogP contribution in [0.2, 0.25) is 0 Å². The van der Waals surface area contributed by atoms with Crippen LogP contribution in [0.4, 0.5) is 0 Å². The molecule has 0 fully saturated rings. The van der Waals surface area contributed by atoms with Gasteiger partial charge in [0.05, 0.1) is 0 Å². The summed E-state index contributed by atoms with van der Waals surface area (Å²) >= 11 is 0. The molecule has 0 radical (unpaired) electrons. The van der Waals surface area contributed by atoms with Crippen molar-refractivity contribution in [2.45, 2.75) is 20.3 Å². The van der Waals surface area contributed by atoms with Crippen molar-refractivity contribution >= 4 is 0 Å². The molecule has 0 aromatic heterocycles. The first-order valence-corrected chi connectivity index (χ1v) is 3.83. The van der Waals surface area contributed by atoms with E-state index in [0.29, 0.717) is 0 Å². The van der Waals surface area contributed by atoms with E-state index < -0.39 is 0 Å². The van der Waals surface area contributed by atoms with Crippen molar-refractivity contribution in [1.29, 1.82) is 0 Å². The molecule has 0 aliphatic rings. The molecule has 1 rings (SSSR count). The third-order valence-electron chi connectivity index (χ3n) is 1.49. The van der Waals surface area contributed by atoms with E-state index in [1.807, 2.05) is 0 Å². The van der Waals surface area contributed by atoms with Crippen molar-refractivity contribution in [2.24, 2.45) is 5.92 Å². The molecule has 0 amide bonds. The second kappa shape index (κ2) is 5.82. The summed E-state index contributed by atoms with van der Waals surface area (Å²) in [5.74, 6) is 0.766. The van der Waals surface area contributed by atoms with Crippen LogP contribution in [0.5, 0.6) is 0 Å². The smallest absolute Gasteiger partial charge is 1.00 e. The molecule has 0 heterocycles. The van der Waals surface area contributed by atoms with Crippen molar-refractivity contribution in [2.75, 3.05) is 0 Å². The molecule has 0 saturated carbocycles. The molecule has 0 bridgehead atoms. The van der Waals surface area contributed by atoms with Crippen molar-refractivity contribution in [1.82, 2.24) is 0 Å². The normalized spacial score (nSPS) is 9.36. The quantitative estimate of drug-likeness (QED) is 0.532. The number of hydrogen-bond acceptors (Lipinski definition) is 0. The first-order valence-electron chi connectivity index (χ1n) is 3.83. The summed E-state index contributed by atoms with van der Waals surface area (Å²) < 4.78 is 0. The minimum Gasteiger partial charge on any atom is -1.00 e. The summed E-state index contributed by atoms with van der Waals surface area (Å²) in [7, 11) is 0. The average Bonchev–Trinajstić information content (AvgIpc) is 1.88. The predicted molar refractivity (Wildman–Crippen MR) is 46.1 cm³/mol. The summed E-state index contributed by atoms with van der Waals surface area (Å²) in [6.45, 7) is 4.49. The third kappa shape index (κ3) is 4.62. The summed E-state index contributed by atoms with van der Waals surface area (Å²) in [5, 5.41) is 0. The zero-order chi connectivity index (χ0) is 7.40. The molecule has 0 nitrogen and oxygen atoms in total. The van der Waals surface area contributed by atoms with E-state index in [9.17, 15) is 0 Å². The van der Waals surface area contributed by atoms with Gasteiger partial charge in [0.15, 0.2) is 0 Å². The molecule has 0 N–H and O–H groups in total. The Bertz CT molecular complexity index is 184. The van der Waals surface area contributed by atoms with Crippen molar-refractivity contribution in [3.8, 4) is 0 Å². The molecule has 1 aromatic carbocycles. The van der Waals surface area contributed by atoms with Crippen LogP contribution in [0.3, 0.4) is 0 Å². The maximum atomic E-state index is 2.24. The second-order valence-electron chi connectivity index (χ2n) is 3.08. The zero-order valence-electron chi connectivity index (χ0n) is 8.67. The largest absolute Gasteiger partial charge is 1.00 e. The van der Waals surface area contributed by atoms with Gasteiger partial charge in [-0.15, -0.1) is 0 Å². The predicted octanol–water partition coefficient (Wildman–Crippen LogP) is 0.00160. The van der Waals surface area contributed by atoms with Gasteiger partial charge in [0.2, 0.25) is 0 Å². The molecule has 1 heteroatoms. The fraction of sp³-hybridized carbons (Fsp3) is 0.400. The number of rotatable bonds is 2. The zero-order valence-corrected chi connectivity index (χ0v) is 9.67. The van der Waals surface area contributed by atoms with Gasteiger partial charge in [-0.1, -0.05) is 44.2 Å². The Morgan fingerprint density at radius 1 is 1.18 bits per heavy atom. The van der Waals surface area contributed by atoms with E-state index in [-0.39, 0.29) is 31.0 Å². The standard InChI is InChI=1S/C10H14.Na.H/c1-9(2)8-10-6-4-3-5-7-10;;/h3-7,9H,8H2,1-2H3;;/q;+1;-1. The Hall–Kier alpha value is 0.220. The molecule has 56 valence electrons. The Kier molecular flexibility index (Phi) is 5.93. The minimum atomic E-state index is 0. The molecule has 1 aromatic rings. The summed E-state index contributed by atoms with van der Waals surface area (Å²) in [6, 6.07) is 10.6. The molecule has 0 spiro atoms. The summed E-state index contributed by atoms with van der Waals surface area (Å²) in [5.41, 5.74) is 1.44. The number of hydrogen-bond donors (Lipinski definition) is 0. The molecule has 11 heavy (non-hydrogen) atoms. The van der Waals surface area contributed by atoms with E-state index in [0.717, 1.165) is 5.92 Å². The monoisotopic (exact) mass is 158 g/mol. The Labute approximate surface area is 92.8 Å². The van der Waals surface area contributed by atoms with Crippen LogP contribution in [0.1, 0.15) is 20.8 Å². The Morgan fingerprint density at radius 2 is 1.73 bits per heavy atom. The van der Waals surface area contributed by atoms with E-state index in [1.54, 1.807) is 0 Å². The Morgan fingerprint density at radius 3 is 2.18 bits per heavy atom. The van der Waals surface area contributed by atoms with Gasteiger partial charge in [0, 0.05) is 0 Å². The second-order valence-corrected chi connectivity index (χ2v) is 3.08. The van der Waals surface area contributed by atoms with Gasteiger partial charge < -0.3 is 1.43 Å². The van der Waals surface area contributed by atoms with Crippen molar-refractivity contribution in [3.05, 3.63) is 35.9 Å². The van der Waals surface area contributed by atoms with Gasteiger partial charge in [-0.3, -0.25) is 0 Å². The summed E-state index contributed by atoms with van der Waals surface area (Å²) in [4.78, 5) is 0.